The van der Waals surface area contributed by atoms with Crippen LogP contribution >= 0.6 is 11.6 Å². The molecule has 1 N–H and O–H groups in total. The maximum Gasteiger partial charge on any atom is 0.246 e. The Morgan fingerprint density at radius 2 is 1.56 bits per heavy atom. The molecule has 2 aromatic carbocycles. The number of hydrogen-bond acceptors (Lipinski definition) is 3. The molecule has 2 aromatic rings. The summed E-state index contributed by atoms with van der Waals surface area (Å²) in [6, 6.07) is 6.88. The quantitative estimate of drug-likeness (QED) is 0.746. The van der Waals surface area contributed by atoms with Crippen molar-refractivity contribution in [3.63, 3.8) is 0 Å². The summed E-state index contributed by atoms with van der Waals surface area (Å²) in [5.74, 6) is -5.70. The van der Waals surface area contributed by atoms with E-state index < -0.39 is 43.6 Å². The molecule has 0 unspecified atom stereocenters. The van der Waals surface area contributed by atoms with E-state index in [1.54, 1.807) is 0 Å². The molecule has 1 fully saturated rings. The molecule has 0 aliphatic heterocycles. The number of hydrogen-bond donors (Lipinski definition) is 1. The summed E-state index contributed by atoms with van der Waals surface area (Å²) in [6.07, 6.45) is 1.05. The minimum Gasteiger partial charge on any atom is -0.322 e. The first kappa shape index (κ1) is 19.7. The van der Waals surface area contributed by atoms with Gasteiger partial charge >= 0.3 is 0 Å². The van der Waals surface area contributed by atoms with Gasteiger partial charge in [-0.1, -0.05) is 24.4 Å². The molecule has 144 valence electrons. The van der Waals surface area contributed by atoms with Gasteiger partial charge in [-0.15, -0.1) is 0 Å². The van der Waals surface area contributed by atoms with Crippen LogP contribution in [0.4, 0.5) is 18.9 Å². The van der Waals surface area contributed by atoms with Crippen LogP contribution in [0.5, 0.6) is 0 Å². The van der Waals surface area contributed by atoms with Gasteiger partial charge in [0.05, 0.1) is 10.6 Å². The molecule has 1 saturated carbocycles. The third-order valence-corrected chi connectivity index (χ3v) is 7.51. The highest BCUT2D eigenvalue weighted by molar-refractivity contribution is 7.93. The molecule has 0 atom stereocenters. The topological polar surface area (TPSA) is 63.2 Å². The second-order valence-corrected chi connectivity index (χ2v) is 9.03. The molecule has 1 amide bonds. The molecule has 0 radical (unpaired) electrons. The summed E-state index contributed by atoms with van der Waals surface area (Å²) in [7, 11) is -4.13. The molecule has 0 spiro atoms. The summed E-state index contributed by atoms with van der Waals surface area (Å²) in [6.45, 7) is 0. The SMILES string of the molecule is O=C(Nc1ccc(F)c(F)c1F)C1(S(=O)(=O)c2ccc(Cl)cc2)CCCC1. The van der Waals surface area contributed by atoms with Crippen LogP contribution in [0.2, 0.25) is 5.02 Å². The van der Waals surface area contributed by atoms with Crippen LogP contribution in [0.3, 0.4) is 0 Å². The lowest BCUT2D eigenvalue weighted by molar-refractivity contribution is -0.118. The van der Waals surface area contributed by atoms with Crippen LogP contribution < -0.4 is 5.32 Å². The molecule has 0 bridgehead atoms. The van der Waals surface area contributed by atoms with Crippen molar-refractivity contribution in [2.45, 2.75) is 35.3 Å². The molecule has 4 nitrogen and oxygen atoms in total. The number of rotatable bonds is 4. The number of anilines is 1. The molecule has 0 saturated heterocycles. The summed E-state index contributed by atoms with van der Waals surface area (Å²) in [5.41, 5.74) is -0.614. The second-order valence-electron chi connectivity index (χ2n) is 6.34. The smallest absolute Gasteiger partial charge is 0.246 e. The zero-order valence-electron chi connectivity index (χ0n) is 13.9. The largest absolute Gasteiger partial charge is 0.322 e. The maximum atomic E-state index is 13.9. The van der Waals surface area contributed by atoms with E-state index in [-0.39, 0.29) is 17.7 Å². The lowest BCUT2D eigenvalue weighted by Gasteiger charge is -2.27. The third-order valence-electron chi connectivity index (χ3n) is 4.75. The first-order chi connectivity index (χ1) is 12.7. The Hall–Kier alpha value is -2.06. The van der Waals surface area contributed by atoms with Crippen molar-refractivity contribution in [2.75, 3.05) is 5.32 Å². The summed E-state index contributed by atoms with van der Waals surface area (Å²) >= 11 is 5.79. The van der Waals surface area contributed by atoms with Gasteiger partial charge in [0.15, 0.2) is 32.0 Å². The number of carbonyl (C=O) groups is 1. The van der Waals surface area contributed by atoms with E-state index in [2.05, 4.69) is 5.32 Å². The average Bonchev–Trinajstić information content (AvgIpc) is 3.14. The fourth-order valence-electron chi connectivity index (χ4n) is 3.26. The van der Waals surface area contributed by atoms with Crippen molar-refractivity contribution >= 4 is 33.0 Å². The average molecular weight is 418 g/mol. The van der Waals surface area contributed by atoms with Crippen LogP contribution in [0.25, 0.3) is 0 Å². The minimum absolute atomic E-state index is 0.0368. The van der Waals surface area contributed by atoms with Gasteiger partial charge in [-0.25, -0.2) is 21.6 Å². The van der Waals surface area contributed by atoms with Gasteiger partial charge < -0.3 is 5.32 Å². The fourth-order valence-corrected chi connectivity index (χ4v) is 5.45. The lowest BCUT2D eigenvalue weighted by atomic mass is 10.1. The van der Waals surface area contributed by atoms with Crippen molar-refractivity contribution in [3.05, 3.63) is 58.9 Å². The predicted molar refractivity (Wildman–Crippen MR) is 94.8 cm³/mol. The number of halogens is 4. The number of nitrogens with one attached hydrogen (secondary N) is 1. The van der Waals surface area contributed by atoms with Gasteiger partial charge in [-0.2, -0.15) is 0 Å². The standard InChI is InChI=1S/C18H15ClF3NO3S/c19-11-3-5-12(6-4-11)27(25,26)18(9-1-2-10-18)17(24)23-14-8-7-13(20)15(21)16(14)22/h3-8H,1-2,9-10H2,(H,23,24). The van der Waals surface area contributed by atoms with E-state index in [0.717, 1.165) is 6.07 Å². The molecular weight excluding hydrogens is 403 g/mol. The van der Waals surface area contributed by atoms with Gasteiger partial charge in [0.1, 0.15) is 0 Å². The Balaban J connectivity index is 2.01. The fraction of sp³-hybridized carbons (Fsp3) is 0.278. The molecule has 1 aliphatic rings. The Morgan fingerprint density at radius 1 is 0.963 bits per heavy atom. The van der Waals surface area contributed by atoms with Gasteiger partial charge in [0.25, 0.3) is 0 Å². The summed E-state index contributed by atoms with van der Waals surface area (Å²) < 4.78 is 64.9. The van der Waals surface area contributed by atoms with Crippen molar-refractivity contribution < 1.29 is 26.4 Å². The highest BCUT2D eigenvalue weighted by Gasteiger charge is 2.53. The van der Waals surface area contributed by atoms with E-state index in [1.807, 2.05) is 0 Å². The van der Waals surface area contributed by atoms with Crippen molar-refractivity contribution in [1.29, 1.82) is 0 Å². The molecule has 3 rings (SSSR count). The number of carbonyl (C=O) groups excluding carboxylic acids is 1. The monoisotopic (exact) mass is 417 g/mol. The molecule has 27 heavy (non-hydrogen) atoms. The van der Waals surface area contributed by atoms with Crippen LogP contribution in [-0.4, -0.2) is 19.1 Å². The van der Waals surface area contributed by atoms with Gasteiger partial charge in [-0.3, -0.25) is 4.79 Å². The van der Waals surface area contributed by atoms with E-state index in [4.69, 9.17) is 11.6 Å². The first-order valence-electron chi connectivity index (χ1n) is 8.14. The van der Waals surface area contributed by atoms with Crippen LogP contribution in [0.15, 0.2) is 41.3 Å². The highest BCUT2D eigenvalue weighted by Crippen LogP contribution is 2.41. The van der Waals surface area contributed by atoms with Crippen LogP contribution in [-0.2, 0) is 14.6 Å². The normalized spacial score (nSPS) is 16.3. The molecular formula is C18H15ClF3NO3S. The third kappa shape index (κ3) is 3.32. The van der Waals surface area contributed by atoms with E-state index in [9.17, 15) is 26.4 Å². The Kier molecular flexibility index (Phi) is 5.22. The van der Waals surface area contributed by atoms with Gasteiger partial charge in [0.2, 0.25) is 5.91 Å². The molecule has 0 aromatic heterocycles. The summed E-state index contributed by atoms with van der Waals surface area (Å²) in [4.78, 5) is 12.8. The van der Waals surface area contributed by atoms with E-state index >= 15 is 0 Å². The number of benzene rings is 2. The molecule has 0 heterocycles. The number of sulfone groups is 1. The van der Waals surface area contributed by atoms with Crippen molar-refractivity contribution in [1.82, 2.24) is 0 Å². The Labute approximate surface area is 159 Å². The van der Waals surface area contributed by atoms with E-state index in [1.165, 1.54) is 24.3 Å². The lowest BCUT2D eigenvalue weighted by Crippen LogP contribution is -2.47. The molecule has 1 aliphatic carbocycles. The Morgan fingerprint density at radius 3 is 2.15 bits per heavy atom. The zero-order chi connectivity index (χ0) is 19.8. The highest BCUT2D eigenvalue weighted by atomic mass is 35.5. The van der Waals surface area contributed by atoms with Crippen LogP contribution in [0.1, 0.15) is 25.7 Å². The summed E-state index contributed by atoms with van der Waals surface area (Å²) in [5, 5.41) is 2.46. The van der Waals surface area contributed by atoms with Gasteiger partial charge in [0, 0.05) is 5.02 Å². The second kappa shape index (κ2) is 7.16. The first-order valence-corrected chi connectivity index (χ1v) is 10.0. The van der Waals surface area contributed by atoms with Crippen molar-refractivity contribution in [2.24, 2.45) is 0 Å². The Bertz CT molecular complexity index is 988. The van der Waals surface area contributed by atoms with Crippen molar-refractivity contribution in [3.8, 4) is 0 Å². The minimum atomic E-state index is -4.13. The van der Waals surface area contributed by atoms with E-state index in [0.29, 0.717) is 23.9 Å². The predicted octanol–water partition coefficient (Wildman–Crippen LogP) is 4.48. The van der Waals surface area contributed by atoms with Gasteiger partial charge in [-0.05, 0) is 49.2 Å². The van der Waals surface area contributed by atoms with Crippen LogP contribution in [0, 0.1) is 17.5 Å². The zero-order valence-corrected chi connectivity index (χ0v) is 15.5. The number of amides is 1. The maximum absolute atomic E-state index is 13.9. The molecule has 9 heteroatoms.